The van der Waals surface area contributed by atoms with Gasteiger partial charge < -0.3 is 0 Å². The first-order valence-corrected chi connectivity index (χ1v) is 6.36. The summed E-state index contributed by atoms with van der Waals surface area (Å²) in [5.41, 5.74) is 1.55. The molecule has 0 heterocycles. The minimum Gasteiger partial charge on any atom is -0.290 e. The molecule has 0 bridgehead atoms. The lowest BCUT2D eigenvalue weighted by molar-refractivity contribution is -0.115. The van der Waals surface area contributed by atoms with E-state index in [1.54, 1.807) is 24.3 Å². The zero-order chi connectivity index (χ0) is 13.7. The first-order valence-electron chi connectivity index (χ1n) is 6.36. The average molecular weight is 252 g/mol. The van der Waals surface area contributed by atoms with Crippen molar-refractivity contribution in [2.75, 3.05) is 0 Å². The molecule has 0 saturated carbocycles. The number of hydrogen-bond donors (Lipinski definition) is 0. The summed E-state index contributed by atoms with van der Waals surface area (Å²) in [5.74, 6) is -0.674. The molecule has 2 aromatic carbocycles. The lowest BCUT2D eigenvalue weighted by Crippen LogP contribution is -2.16. The summed E-state index contributed by atoms with van der Waals surface area (Å²) in [6, 6.07) is 18.5. The van der Waals surface area contributed by atoms with Gasteiger partial charge in [0.05, 0.1) is 0 Å². The third kappa shape index (κ3) is 3.38. The van der Waals surface area contributed by atoms with Gasteiger partial charge in [0.2, 0.25) is 11.6 Å². The molecule has 0 aliphatic rings. The van der Waals surface area contributed by atoms with E-state index in [1.807, 2.05) is 43.3 Å². The van der Waals surface area contributed by atoms with Gasteiger partial charge in [-0.3, -0.25) is 9.59 Å². The van der Waals surface area contributed by atoms with Crippen LogP contribution in [0.3, 0.4) is 0 Å². The maximum absolute atomic E-state index is 12.0. The van der Waals surface area contributed by atoms with E-state index in [4.69, 9.17) is 0 Å². The standard InChI is InChI=1S/C17H16O2/c1-13(14-8-4-2-5-9-14)12-16(18)17(19)15-10-6-3-7-11-15/h2-11,13H,12H2,1H3. The van der Waals surface area contributed by atoms with Gasteiger partial charge in [-0.15, -0.1) is 0 Å². The molecule has 2 nitrogen and oxygen atoms in total. The topological polar surface area (TPSA) is 34.1 Å². The molecule has 2 rings (SSSR count). The maximum atomic E-state index is 12.0. The van der Waals surface area contributed by atoms with Gasteiger partial charge in [0.15, 0.2) is 0 Å². The smallest absolute Gasteiger partial charge is 0.228 e. The molecule has 96 valence electrons. The molecule has 1 unspecified atom stereocenters. The quantitative estimate of drug-likeness (QED) is 0.601. The van der Waals surface area contributed by atoms with Crippen molar-refractivity contribution in [1.82, 2.24) is 0 Å². The van der Waals surface area contributed by atoms with Crippen LogP contribution in [0.1, 0.15) is 35.2 Å². The van der Waals surface area contributed by atoms with Crippen molar-refractivity contribution in [3.8, 4) is 0 Å². The van der Waals surface area contributed by atoms with Crippen LogP contribution in [0.2, 0.25) is 0 Å². The third-order valence-corrected chi connectivity index (χ3v) is 3.15. The van der Waals surface area contributed by atoms with Crippen LogP contribution in [0.5, 0.6) is 0 Å². The van der Waals surface area contributed by atoms with Crippen LogP contribution in [0.25, 0.3) is 0 Å². The zero-order valence-electron chi connectivity index (χ0n) is 10.9. The first kappa shape index (κ1) is 13.2. The minimum absolute atomic E-state index is 0.0568. The van der Waals surface area contributed by atoms with Crippen LogP contribution < -0.4 is 0 Å². The molecule has 0 saturated heterocycles. The predicted molar refractivity (Wildman–Crippen MR) is 75.3 cm³/mol. The Morgan fingerprint density at radius 2 is 1.42 bits per heavy atom. The van der Waals surface area contributed by atoms with Gasteiger partial charge in [-0.25, -0.2) is 0 Å². The molecular formula is C17H16O2. The zero-order valence-corrected chi connectivity index (χ0v) is 10.9. The Kier molecular flexibility index (Phi) is 4.24. The van der Waals surface area contributed by atoms with Crippen molar-refractivity contribution in [3.05, 3.63) is 71.8 Å². The molecule has 19 heavy (non-hydrogen) atoms. The second-order valence-corrected chi connectivity index (χ2v) is 4.63. The monoisotopic (exact) mass is 252 g/mol. The second-order valence-electron chi connectivity index (χ2n) is 4.63. The molecule has 0 aliphatic heterocycles. The summed E-state index contributed by atoms with van der Waals surface area (Å²) in [7, 11) is 0. The van der Waals surface area contributed by atoms with Crippen molar-refractivity contribution < 1.29 is 9.59 Å². The molecule has 0 aromatic heterocycles. The lowest BCUT2D eigenvalue weighted by atomic mass is 9.93. The van der Waals surface area contributed by atoms with Crippen LogP contribution in [0, 0.1) is 0 Å². The summed E-state index contributed by atoms with van der Waals surface area (Å²) < 4.78 is 0. The van der Waals surface area contributed by atoms with Crippen molar-refractivity contribution in [3.63, 3.8) is 0 Å². The Balaban J connectivity index is 2.04. The highest BCUT2D eigenvalue weighted by Crippen LogP contribution is 2.19. The fourth-order valence-corrected chi connectivity index (χ4v) is 2.02. The number of benzene rings is 2. The highest BCUT2D eigenvalue weighted by Gasteiger charge is 2.19. The number of Topliss-reactive ketones (excluding diaryl/α,β-unsaturated/α-hetero) is 2. The SMILES string of the molecule is CC(CC(=O)C(=O)c1ccccc1)c1ccccc1. The van der Waals surface area contributed by atoms with Gasteiger partial charge in [-0.05, 0) is 11.5 Å². The Morgan fingerprint density at radius 1 is 0.895 bits per heavy atom. The Hall–Kier alpha value is -2.22. The van der Waals surface area contributed by atoms with E-state index in [1.165, 1.54) is 0 Å². The van der Waals surface area contributed by atoms with Crippen LogP contribution >= 0.6 is 0 Å². The van der Waals surface area contributed by atoms with Crippen molar-refractivity contribution >= 4 is 11.6 Å². The van der Waals surface area contributed by atoms with Gasteiger partial charge in [0.25, 0.3) is 0 Å². The molecule has 1 atom stereocenters. The largest absolute Gasteiger partial charge is 0.290 e. The molecule has 0 spiro atoms. The van der Waals surface area contributed by atoms with Crippen molar-refractivity contribution in [2.45, 2.75) is 19.3 Å². The number of hydrogen-bond acceptors (Lipinski definition) is 2. The van der Waals surface area contributed by atoms with Crippen molar-refractivity contribution in [1.29, 1.82) is 0 Å². The number of carbonyl (C=O) groups is 2. The number of rotatable bonds is 5. The summed E-state index contributed by atoms with van der Waals surface area (Å²) in [6.07, 6.45) is 0.248. The Bertz CT molecular complexity index is 558. The fraction of sp³-hybridized carbons (Fsp3) is 0.176. The summed E-state index contributed by atoms with van der Waals surface area (Å²) in [4.78, 5) is 23.9. The van der Waals surface area contributed by atoms with E-state index in [2.05, 4.69) is 0 Å². The van der Waals surface area contributed by atoms with E-state index in [0.717, 1.165) is 5.56 Å². The summed E-state index contributed by atoms with van der Waals surface area (Å²) in [6.45, 7) is 1.96. The minimum atomic E-state index is -0.400. The average Bonchev–Trinajstić information content (AvgIpc) is 2.48. The van der Waals surface area contributed by atoms with Crippen LogP contribution in [0.15, 0.2) is 60.7 Å². The molecule has 0 N–H and O–H groups in total. The molecular weight excluding hydrogens is 236 g/mol. The maximum Gasteiger partial charge on any atom is 0.228 e. The molecule has 2 aromatic rings. The Morgan fingerprint density at radius 3 is 2.00 bits per heavy atom. The number of carbonyl (C=O) groups excluding carboxylic acids is 2. The van der Waals surface area contributed by atoms with E-state index in [9.17, 15) is 9.59 Å². The van der Waals surface area contributed by atoms with E-state index in [0.29, 0.717) is 5.56 Å². The molecule has 0 radical (unpaired) electrons. The molecule has 0 fully saturated rings. The van der Waals surface area contributed by atoms with Crippen molar-refractivity contribution in [2.24, 2.45) is 0 Å². The summed E-state index contributed by atoms with van der Waals surface area (Å²) >= 11 is 0. The highest BCUT2D eigenvalue weighted by molar-refractivity contribution is 6.43. The van der Waals surface area contributed by atoms with Gasteiger partial charge in [-0.2, -0.15) is 0 Å². The summed E-state index contributed by atoms with van der Waals surface area (Å²) in [5, 5.41) is 0. The Labute approximate surface area is 113 Å². The highest BCUT2D eigenvalue weighted by atomic mass is 16.2. The lowest BCUT2D eigenvalue weighted by Gasteiger charge is -2.10. The third-order valence-electron chi connectivity index (χ3n) is 3.15. The van der Waals surface area contributed by atoms with Gasteiger partial charge in [-0.1, -0.05) is 67.6 Å². The van der Waals surface area contributed by atoms with E-state index >= 15 is 0 Å². The van der Waals surface area contributed by atoms with Crippen LogP contribution in [-0.2, 0) is 4.79 Å². The first-order chi connectivity index (χ1) is 9.18. The van der Waals surface area contributed by atoms with E-state index in [-0.39, 0.29) is 18.1 Å². The van der Waals surface area contributed by atoms with Crippen LogP contribution in [0.4, 0.5) is 0 Å². The molecule has 0 aliphatic carbocycles. The second kappa shape index (κ2) is 6.10. The van der Waals surface area contributed by atoms with Gasteiger partial charge >= 0.3 is 0 Å². The van der Waals surface area contributed by atoms with E-state index < -0.39 is 5.78 Å². The number of ketones is 2. The normalized spacial score (nSPS) is 11.8. The predicted octanol–water partition coefficient (Wildman–Crippen LogP) is 3.63. The molecule has 2 heteroatoms. The van der Waals surface area contributed by atoms with Crippen LogP contribution in [-0.4, -0.2) is 11.6 Å². The fourth-order valence-electron chi connectivity index (χ4n) is 2.02. The van der Waals surface area contributed by atoms with Gasteiger partial charge in [0, 0.05) is 12.0 Å². The molecule has 0 amide bonds. The van der Waals surface area contributed by atoms with Gasteiger partial charge in [0.1, 0.15) is 0 Å².